The minimum Gasteiger partial charge on any atom is -0.478 e. The highest BCUT2D eigenvalue weighted by Gasteiger charge is 2.79. The summed E-state index contributed by atoms with van der Waals surface area (Å²) in [5, 5.41) is 16.4. The summed E-state index contributed by atoms with van der Waals surface area (Å²) < 4.78 is 15.8. The second-order valence-electron chi connectivity index (χ2n) is 10.5. The van der Waals surface area contributed by atoms with Crippen LogP contribution in [-0.2, 0) is 33.4 Å². The van der Waals surface area contributed by atoms with Gasteiger partial charge in [-0.1, -0.05) is 50.9 Å². The maximum Gasteiger partial charge on any atom is 0.331 e. The molecule has 2 bridgehead atoms. The van der Waals surface area contributed by atoms with E-state index in [1.807, 2.05) is 0 Å². The number of ether oxygens (including phenoxy) is 3. The lowest BCUT2D eigenvalue weighted by Gasteiger charge is -2.35. The Hall–Kier alpha value is -1.23. The van der Waals surface area contributed by atoms with Crippen LogP contribution >= 0.6 is 58.0 Å². The molecule has 5 unspecified atom stereocenters. The second-order valence-corrected chi connectivity index (χ2v) is 12.9. The van der Waals surface area contributed by atoms with Crippen molar-refractivity contribution < 1.29 is 43.6 Å². The zero-order valence-corrected chi connectivity index (χ0v) is 24.1. The molecule has 0 amide bonds. The maximum atomic E-state index is 13.3. The van der Waals surface area contributed by atoms with E-state index in [2.05, 4.69) is 0 Å². The van der Waals surface area contributed by atoms with Gasteiger partial charge in [-0.15, -0.1) is 34.8 Å². The molecule has 5 atom stereocenters. The number of aliphatic hydroxyl groups excluding tert-OH is 1. The number of carboxylic acid groups (broad SMARTS) is 1. The van der Waals surface area contributed by atoms with Crippen LogP contribution in [0.3, 0.4) is 0 Å². The Bertz CT molecular complexity index is 1020. The number of fused-ring (bicyclic) bond motifs is 2. The lowest BCUT2D eigenvalue weighted by atomic mass is 9.81. The Labute approximate surface area is 238 Å². The molecule has 14 heteroatoms. The molecule has 2 N–H and O–H groups in total. The van der Waals surface area contributed by atoms with Gasteiger partial charge in [-0.25, -0.2) is 9.59 Å². The number of alkyl halides is 3. The molecule has 0 spiro atoms. The quantitative estimate of drug-likeness (QED) is 0.152. The predicted molar refractivity (Wildman–Crippen MR) is 137 cm³/mol. The zero-order valence-electron chi connectivity index (χ0n) is 20.4. The van der Waals surface area contributed by atoms with Crippen LogP contribution in [0.15, 0.2) is 22.2 Å². The molecule has 0 heterocycles. The van der Waals surface area contributed by atoms with Gasteiger partial charge in [-0.3, -0.25) is 9.59 Å². The van der Waals surface area contributed by atoms with Gasteiger partial charge in [-0.05, 0) is 0 Å². The number of esters is 3. The van der Waals surface area contributed by atoms with Crippen LogP contribution in [-0.4, -0.2) is 75.6 Å². The van der Waals surface area contributed by atoms with E-state index in [4.69, 9.17) is 77.3 Å². The molecular weight excluding hydrogens is 598 g/mol. The fourth-order valence-electron chi connectivity index (χ4n) is 3.81. The summed E-state index contributed by atoms with van der Waals surface area (Å²) in [6.45, 7) is 5.56. The third-order valence-electron chi connectivity index (χ3n) is 5.96. The van der Waals surface area contributed by atoms with Gasteiger partial charge in [0.1, 0.15) is 9.75 Å². The maximum absolute atomic E-state index is 13.3. The SMILES string of the molecule is CC(C)(CO)COC(=O)C1C(C(=O)OCC(C)(C)COC(=O)C=CC(=O)O)C2(Cl)C(Cl)=C(Cl)C1(Cl)C2Cl. The molecule has 2 aliphatic rings. The highest BCUT2D eigenvalue weighted by molar-refractivity contribution is 6.56. The number of carbonyl (C=O) groups is 4. The Kier molecular flexibility index (Phi) is 9.92. The third-order valence-corrected chi connectivity index (χ3v) is 9.45. The Morgan fingerprint density at radius 2 is 1.24 bits per heavy atom. The summed E-state index contributed by atoms with van der Waals surface area (Å²) in [5.41, 5.74) is -1.70. The molecule has 1 fully saturated rings. The van der Waals surface area contributed by atoms with Crippen molar-refractivity contribution in [1.29, 1.82) is 0 Å². The van der Waals surface area contributed by atoms with E-state index in [9.17, 15) is 24.3 Å². The van der Waals surface area contributed by atoms with Crippen molar-refractivity contribution >= 4 is 81.9 Å². The summed E-state index contributed by atoms with van der Waals surface area (Å²) in [4.78, 5) is 45.0. The molecule has 0 radical (unpaired) electrons. The van der Waals surface area contributed by atoms with Crippen LogP contribution in [0.2, 0.25) is 0 Å². The van der Waals surface area contributed by atoms with Gasteiger partial charge in [0.15, 0.2) is 0 Å². The lowest BCUT2D eigenvalue weighted by molar-refractivity contribution is -0.165. The molecule has 2 rings (SSSR count). The van der Waals surface area contributed by atoms with Crippen molar-refractivity contribution in [1.82, 2.24) is 0 Å². The van der Waals surface area contributed by atoms with E-state index in [1.54, 1.807) is 27.7 Å². The van der Waals surface area contributed by atoms with Crippen molar-refractivity contribution in [2.45, 2.75) is 42.8 Å². The second kappa shape index (κ2) is 11.5. The van der Waals surface area contributed by atoms with Crippen LogP contribution < -0.4 is 0 Å². The standard InChI is InChI=1S/C23H27Cl5O9/c1-20(2,7-29)8-36-17(33)13-14(23(28)16(25)15(24)22(13,27)19(23)26)18(34)37-10-21(3,4)9-35-12(32)6-5-11(30)31/h5-6,13-14,19,29H,7-10H2,1-4H3,(H,30,31). The summed E-state index contributed by atoms with van der Waals surface area (Å²) in [6, 6.07) is 0. The first-order chi connectivity index (χ1) is 16.8. The first kappa shape index (κ1) is 32.0. The first-order valence-electron chi connectivity index (χ1n) is 10.9. The summed E-state index contributed by atoms with van der Waals surface area (Å²) >= 11 is 32.7. The predicted octanol–water partition coefficient (Wildman–Crippen LogP) is 3.81. The van der Waals surface area contributed by atoms with Crippen LogP contribution in [0.4, 0.5) is 0 Å². The van der Waals surface area contributed by atoms with Crippen molar-refractivity contribution in [2.75, 3.05) is 26.4 Å². The van der Waals surface area contributed by atoms with Gasteiger partial charge < -0.3 is 24.4 Å². The monoisotopic (exact) mass is 622 g/mol. The van der Waals surface area contributed by atoms with Gasteiger partial charge in [0.2, 0.25) is 0 Å². The van der Waals surface area contributed by atoms with E-state index in [0.717, 1.165) is 6.08 Å². The number of halogens is 5. The number of hydrogen-bond donors (Lipinski definition) is 2. The molecule has 0 aromatic carbocycles. The minimum atomic E-state index is -1.87. The van der Waals surface area contributed by atoms with Gasteiger partial charge in [0.25, 0.3) is 0 Å². The van der Waals surface area contributed by atoms with E-state index in [-0.39, 0.29) is 36.5 Å². The fraction of sp³-hybridized carbons (Fsp3) is 0.652. The lowest BCUT2D eigenvalue weighted by Crippen LogP contribution is -2.47. The van der Waals surface area contributed by atoms with Crippen molar-refractivity contribution in [3.8, 4) is 0 Å². The minimum absolute atomic E-state index is 0.181. The smallest absolute Gasteiger partial charge is 0.331 e. The Morgan fingerprint density at radius 3 is 1.65 bits per heavy atom. The molecule has 0 aliphatic heterocycles. The zero-order chi connectivity index (χ0) is 28.6. The molecule has 9 nitrogen and oxygen atoms in total. The van der Waals surface area contributed by atoms with Crippen LogP contribution in [0.25, 0.3) is 0 Å². The van der Waals surface area contributed by atoms with E-state index < -0.39 is 61.7 Å². The number of hydrogen-bond acceptors (Lipinski definition) is 8. The number of aliphatic hydroxyl groups is 1. The number of carbonyl (C=O) groups excluding carboxylic acids is 3. The Balaban J connectivity index is 2.24. The Morgan fingerprint density at radius 1 is 0.838 bits per heavy atom. The molecular formula is C23H27Cl5O9. The van der Waals surface area contributed by atoms with E-state index in [1.165, 1.54) is 0 Å². The average Bonchev–Trinajstić information content (AvgIpc) is 3.09. The van der Waals surface area contributed by atoms with Gasteiger partial charge in [-0.2, -0.15) is 0 Å². The molecule has 2 aliphatic carbocycles. The van der Waals surface area contributed by atoms with Gasteiger partial charge >= 0.3 is 23.9 Å². The van der Waals surface area contributed by atoms with Crippen LogP contribution in [0.5, 0.6) is 0 Å². The molecule has 1 saturated carbocycles. The number of rotatable bonds is 11. The van der Waals surface area contributed by atoms with Crippen LogP contribution in [0, 0.1) is 22.7 Å². The molecule has 37 heavy (non-hydrogen) atoms. The van der Waals surface area contributed by atoms with Crippen LogP contribution in [0.1, 0.15) is 27.7 Å². The van der Waals surface area contributed by atoms with Crippen molar-refractivity contribution in [2.24, 2.45) is 22.7 Å². The number of carboxylic acids is 1. The molecule has 0 saturated heterocycles. The molecule has 208 valence electrons. The summed E-state index contributed by atoms with van der Waals surface area (Å²) in [7, 11) is 0. The first-order valence-corrected chi connectivity index (χ1v) is 12.9. The number of allylic oxidation sites excluding steroid dienone is 2. The molecule has 0 aromatic heterocycles. The summed E-state index contributed by atoms with van der Waals surface area (Å²) in [6.07, 6.45) is 1.36. The highest BCUT2D eigenvalue weighted by Crippen LogP contribution is 2.70. The largest absolute Gasteiger partial charge is 0.478 e. The molecule has 0 aromatic rings. The normalized spacial score (nSPS) is 29.5. The van der Waals surface area contributed by atoms with E-state index in [0.29, 0.717) is 6.08 Å². The van der Waals surface area contributed by atoms with Gasteiger partial charge in [0.05, 0.1) is 53.7 Å². The van der Waals surface area contributed by atoms with E-state index >= 15 is 0 Å². The fourth-order valence-corrected chi connectivity index (χ4v) is 6.29. The topological polar surface area (TPSA) is 136 Å². The number of aliphatic carboxylic acids is 1. The average molecular weight is 625 g/mol. The van der Waals surface area contributed by atoms with Gasteiger partial charge in [0, 0.05) is 23.0 Å². The highest BCUT2D eigenvalue weighted by atomic mass is 35.5. The third kappa shape index (κ3) is 6.34. The summed E-state index contributed by atoms with van der Waals surface area (Å²) in [5.74, 6) is -7.05. The van der Waals surface area contributed by atoms with Crippen molar-refractivity contribution in [3.63, 3.8) is 0 Å². The van der Waals surface area contributed by atoms with Crippen molar-refractivity contribution in [3.05, 3.63) is 22.2 Å².